The van der Waals surface area contributed by atoms with E-state index in [1.165, 1.54) is 9.80 Å². The van der Waals surface area contributed by atoms with Crippen molar-refractivity contribution in [2.45, 2.75) is 18.9 Å². The van der Waals surface area contributed by atoms with Crippen molar-refractivity contribution in [1.82, 2.24) is 25.3 Å². The lowest BCUT2D eigenvalue weighted by Crippen LogP contribution is -2.53. The van der Waals surface area contributed by atoms with Gasteiger partial charge >= 0.3 is 0 Å². The van der Waals surface area contributed by atoms with E-state index in [4.69, 9.17) is 0 Å². The number of amides is 3. The summed E-state index contributed by atoms with van der Waals surface area (Å²) in [6.07, 6.45) is 1.15. The number of likely N-dealkylation sites (N-methyl/N-ethyl adjacent to an activating group) is 3. The molecular weight excluding hydrogens is 439 g/mol. The number of carbonyl (C=O) groups excluding carboxylic acids is 3. The summed E-state index contributed by atoms with van der Waals surface area (Å²) in [7, 11) is 8.42. The predicted octanol–water partition coefficient (Wildman–Crippen LogP) is -1.06. The number of likely N-dealkylation sites (tertiary alicyclic amines) is 1. The standard InChI is InChI=1S/C15H28N6O3.HI/c1-19(2)13(23)8-16-15(17-9-14(24)20(3)4)18-11-6-7-12(22)21(5)10-11;/h11H,6-10H2,1-5H3,(H2,16,17,18);1H. The SMILES string of the molecule is CN(C)C(=O)CN=C(NCC(=O)N(C)C)NC1CCC(=O)N(C)C1.I. The highest BCUT2D eigenvalue weighted by Gasteiger charge is 2.23. The van der Waals surface area contributed by atoms with Crippen molar-refractivity contribution in [2.24, 2.45) is 4.99 Å². The fourth-order valence-electron chi connectivity index (χ4n) is 2.08. The minimum absolute atomic E-state index is 0. The number of nitrogens with one attached hydrogen (secondary N) is 2. The van der Waals surface area contributed by atoms with Gasteiger partial charge in [0, 0.05) is 54.2 Å². The highest BCUT2D eigenvalue weighted by atomic mass is 127. The number of halogens is 1. The van der Waals surface area contributed by atoms with Crippen molar-refractivity contribution in [3.63, 3.8) is 0 Å². The van der Waals surface area contributed by atoms with E-state index >= 15 is 0 Å². The largest absolute Gasteiger partial charge is 0.352 e. The molecule has 0 aromatic rings. The molecule has 1 heterocycles. The minimum Gasteiger partial charge on any atom is -0.352 e. The second-order valence-corrected chi connectivity index (χ2v) is 6.25. The third-order valence-corrected chi connectivity index (χ3v) is 3.74. The lowest BCUT2D eigenvalue weighted by atomic mass is 10.1. The van der Waals surface area contributed by atoms with Crippen LogP contribution >= 0.6 is 24.0 Å². The molecule has 9 nitrogen and oxygen atoms in total. The van der Waals surface area contributed by atoms with Crippen molar-refractivity contribution < 1.29 is 14.4 Å². The molecule has 25 heavy (non-hydrogen) atoms. The molecule has 0 radical (unpaired) electrons. The molecular formula is C15H29IN6O3. The average molecular weight is 468 g/mol. The molecule has 144 valence electrons. The topological polar surface area (TPSA) is 97.4 Å². The van der Waals surface area contributed by atoms with Gasteiger partial charge in [0.2, 0.25) is 17.7 Å². The van der Waals surface area contributed by atoms with E-state index in [0.29, 0.717) is 25.3 Å². The van der Waals surface area contributed by atoms with Gasteiger partial charge in [-0.3, -0.25) is 14.4 Å². The van der Waals surface area contributed by atoms with E-state index in [-0.39, 0.29) is 60.8 Å². The summed E-state index contributed by atoms with van der Waals surface area (Å²) in [6.45, 7) is 0.624. The molecule has 2 N–H and O–H groups in total. The first-order valence-corrected chi connectivity index (χ1v) is 7.89. The Hall–Kier alpha value is -1.59. The van der Waals surface area contributed by atoms with Crippen LogP contribution in [0.2, 0.25) is 0 Å². The molecule has 0 bridgehead atoms. The van der Waals surface area contributed by atoms with Crippen molar-refractivity contribution in [3.8, 4) is 0 Å². The molecule has 0 spiro atoms. The number of aliphatic imine (C=N–C) groups is 1. The Balaban J connectivity index is 0.00000576. The lowest BCUT2D eigenvalue weighted by Gasteiger charge is -2.31. The summed E-state index contributed by atoms with van der Waals surface area (Å²) in [5, 5.41) is 6.14. The summed E-state index contributed by atoms with van der Waals surface area (Å²) in [4.78, 5) is 43.8. The Bertz CT molecular complexity index is 509. The van der Waals surface area contributed by atoms with Crippen LogP contribution in [-0.4, -0.2) is 99.3 Å². The quantitative estimate of drug-likeness (QED) is 0.305. The summed E-state index contributed by atoms with van der Waals surface area (Å²) in [5.74, 6) is 0.281. The molecule has 1 saturated heterocycles. The fourth-order valence-corrected chi connectivity index (χ4v) is 2.08. The number of hydrogen-bond acceptors (Lipinski definition) is 4. The maximum atomic E-state index is 11.7. The number of nitrogens with zero attached hydrogens (tertiary/aromatic N) is 4. The van der Waals surface area contributed by atoms with Gasteiger partial charge in [0.05, 0.1) is 6.54 Å². The first-order valence-electron chi connectivity index (χ1n) is 7.89. The molecule has 3 amide bonds. The lowest BCUT2D eigenvalue weighted by molar-refractivity contribution is -0.132. The Kier molecular flexibility index (Phi) is 10.4. The normalized spacial score (nSPS) is 17.5. The van der Waals surface area contributed by atoms with Gasteiger partial charge in [0.1, 0.15) is 6.54 Å². The van der Waals surface area contributed by atoms with Crippen LogP contribution in [0, 0.1) is 0 Å². The predicted molar refractivity (Wildman–Crippen MR) is 107 cm³/mol. The Morgan fingerprint density at radius 2 is 1.80 bits per heavy atom. The van der Waals surface area contributed by atoms with Crippen LogP contribution in [0.15, 0.2) is 4.99 Å². The fraction of sp³-hybridized carbons (Fsp3) is 0.733. The molecule has 0 saturated carbocycles. The second kappa shape index (κ2) is 11.1. The molecule has 1 fully saturated rings. The number of rotatable bonds is 5. The average Bonchev–Trinajstić information content (AvgIpc) is 2.52. The van der Waals surface area contributed by atoms with Crippen LogP contribution in [0.25, 0.3) is 0 Å². The first kappa shape index (κ1) is 23.4. The molecule has 1 unspecified atom stereocenters. The zero-order chi connectivity index (χ0) is 18.3. The molecule has 0 aromatic carbocycles. The molecule has 1 atom stereocenters. The number of carbonyl (C=O) groups is 3. The van der Waals surface area contributed by atoms with Crippen molar-refractivity contribution >= 4 is 47.7 Å². The molecule has 1 aliphatic rings. The van der Waals surface area contributed by atoms with Crippen molar-refractivity contribution in [1.29, 1.82) is 0 Å². The smallest absolute Gasteiger partial charge is 0.243 e. The van der Waals surface area contributed by atoms with Gasteiger partial charge in [0.15, 0.2) is 5.96 Å². The van der Waals surface area contributed by atoms with Gasteiger partial charge in [-0.2, -0.15) is 0 Å². The Morgan fingerprint density at radius 3 is 2.32 bits per heavy atom. The maximum absolute atomic E-state index is 11.7. The molecule has 0 aromatic heterocycles. The van der Waals surface area contributed by atoms with Crippen LogP contribution in [-0.2, 0) is 14.4 Å². The number of piperidine rings is 1. The molecule has 0 aliphatic carbocycles. The minimum atomic E-state index is -0.133. The van der Waals surface area contributed by atoms with Gasteiger partial charge in [0.25, 0.3) is 0 Å². The molecule has 10 heteroatoms. The zero-order valence-corrected chi connectivity index (χ0v) is 17.9. The molecule has 1 aliphatic heterocycles. The van der Waals surface area contributed by atoms with Gasteiger partial charge < -0.3 is 25.3 Å². The van der Waals surface area contributed by atoms with E-state index < -0.39 is 0 Å². The van der Waals surface area contributed by atoms with E-state index in [1.807, 2.05) is 0 Å². The zero-order valence-electron chi connectivity index (χ0n) is 15.5. The van der Waals surface area contributed by atoms with Crippen LogP contribution in [0.5, 0.6) is 0 Å². The van der Waals surface area contributed by atoms with Crippen molar-refractivity contribution in [2.75, 3.05) is 54.9 Å². The van der Waals surface area contributed by atoms with Gasteiger partial charge in [-0.15, -0.1) is 24.0 Å². The first-order chi connectivity index (χ1) is 11.2. The number of hydrogen-bond donors (Lipinski definition) is 2. The van der Waals surface area contributed by atoms with E-state index in [0.717, 1.165) is 0 Å². The summed E-state index contributed by atoms with van der Waals surface area (Å²) in [5.41, 5.74) is 0. The Labute approximate surface area is 166 Å². The summed E-state index contributed by atoms with van der Waals surface area (Å²) in [6, 6.07) is 0.0304. The second-order valence-electron chi connectivity index (χ2n) is 6.25. The van der Waals surface area contributed by atoms with Crippen LogP contribution in [0.1, 0.15) is 12.8 Å². The van der Waals surface area contributed by atoms with Crippen LogP contribution in [0.4, 0.5) is 0 Å². The highest BCUT2D eigenvalue weighted by molar-refractivity contribution is 14.0. The van der Waals surface area contributed by atoms with Gasteiger partial charge in [-0.1, -0.05) is 0 Å². The van der Waals surface area contributed by atoms with E-state index in [1.54, 1.807) is 40.1 Å². The van der Waals surface area contributed by atoms with Gasteiger partial charge in [-0.25, -0.2) is 4.99 Å². The van der Waals surface area contributed by atoms with Crippen LogP contribution < -0.4 is 10.6 Å². The monoisotopic (exact) mass is 468 g/mol. The third-order valence-electron chi connectivity index (χ3n) is 3.74. The maximum Gasteiger partial charge on any atom is 0.243 e. The van der Waals surface area contributed by atoms with E-state index in [2.05, 4.69) is 15.6 Å². The number of guanidine groups is 1. The van der Waals surface area contributed by atoms with Gasteiger partial charge in [-0.05, 0) is 6.42 Å². The highest BCUT2D eigenvalue weighted by Crippen LogP contribution is 2.09. The Morgan fingerprint density at radius 1 is 1.20 bits per heavy atom. The summed E-state index contributed by atoms with van der Waals surface area (Å²) < 4.78 is 0. The van der Waals surface area contributed by atoms with Crippen LogP contribution in [0.3, 0.4) is 0 Å². The van der Waals surface area contributed by atoms with Crippen molar-refractivity contribution in [3.05, 3.63) is 0 Å². The molecule has 1 rings (SSSR count). The summed E-state index contributed by atoms with van der Waals surface area (Å²) >= 11 is 0. The third kappa shape index (κ3) is 8.36. The van der Waals surface area contributed by atoms with E-state index in [9.17, 15) is 14.4 Å².